The molecule has 2 nitrogen and oxygen atoms in total. The molecular weight excluding hydrogens is 246 g/mol. The summed E-state index contributed by atoms with van der Waals surface area (Å²) < 4.78 is 5.44. The number of hydrogen-bond donors (Lipinski definition) is 1. The summed E-state index contributed by atoms with van der Waals surface area (Å²) in [5, 5.41) is 3.79. The Bertz CT molecular complexity index is 416. The fourth-order valence-corrected chi connectivity index (χ4v) is 3.53. The normalized spacial score (nSPS) is 26.8. The van der Waals surface area contributed by atoms with Crippen molar-refractivity contribution in [2.24, 2.45) is 17.8 Å². The molecule has 20 heavy (non-hydrogen) atoms. The maximum atomic E-state index is 5.44. The fourth-order valence-electron chi connectivity index (χ4n) is 3.53. The molecule has 1 aliphatic rings. The van der Waals surface area contributed by atoms with Gasteiger partial charge in [0, 0.05) is 18.2 Å². The summed E-state index contributed by atoms with van der Waals surface area (Å²) in [7, 11) is 1.75. The third-order valence-corrected chi connectivity index (χ3v) is 4.77. The van der Waals surface area contributed by atoms with E-state index in [1.54, 1.807) is 7.11 Å². The molecule has 1 saturated carbocycles. The fraction of sp³-hybridized carbons (Fsp3) is 0.667. The molecule has 1 aromatic rings. The minimum atomic E-state index is 0.642. The first-order valence-electron chi connectivity index (χ1n) is 7.97. The van der Waals surface area contributed by atoms with Crippen LogP contribution in [0.2, 0.25) is 0 Å². The van der Waals surface area contributed by atoms with Crippen LogP contribution in [-0.4, -0.2) is 13.2 Å². The second-order valence-electron chi connectivity index (χ2n) is 6.63. The summed E-state index contributed by atoms with van der Waals surface area (Å²) in [6.07, 6.45) is 4.05. The van der Waals surface area contributed by atoms with Crippen LogP contribution in [0, 0.1) is 17.8 Å². The Morgan fingerprint density at radius 2 is 2.00 bits per heavy atom. The Hall–Kier alpha value is -1.02. The number of hydrogen-bond acceptors (Lipinski definition) is 2. The zero-order chi connectivity index (χ0) is 14.5. The van der Waals surface area contributed by atoms with E-state index in [1.165, 1.54) is 24.8 Å². The minimum Gasteiger partial charge on any atom is -0.496 e. The third-order valence-electron chi connectivity index (χ3n) is 4.77. The molecule has 1 fully saturated rings. The molecule has 1 aromatic carbocycles. The topological polar surface area (TPSA) is 21.3 Å². The van der Waals surface area contributed by atoms with Gasteiger partial charge in [-0.05, 0) is 36.7 Å². The van der Waals surface area contributed by atoms with E-state index in [4.69, 9.17) is 4.74 Å². The van der Waals surface area contributed by atoms with E-state index in [9.17, 15) is 0 Å². The van der Waals surface area contributed by atoms with Crippen molar-refractivity contribution in [3.63, 3.8) is 0 Å². The van der Waals surface area contributed by atoms with Gasteiger partial charge in [0.2, 0.25) is 0 Å². The Labute approximate surface area is 123 Å². The number of benzene rings is 1. The maximum absolute atomic E-state index is 5.44. The predicted octanol–water partition coefficient (Wildman–Crippen LogP) is 4.25. The van der Waals surface area contributed by atoms with Gasteiger partial charge in [-0.15, -0.1) is 0 Å². The minimum absolute atomic E-state index is 0.642. The molecule has 3 atom stereocenters. The molecule has 3 unspecified atom stereocenters. The quantitative estimate of drug-likeness (QED) is 0.867. The van der Waals surface area contributed by atoms with Crippen molar-refractivity contribution in [1.29, 1.82) is 0 Å². The molecule has 112 valence electrons. The number of para-hydroxylation sites is 1. The largest absolute Gasteiger partial charge is 0.496 e. The summed E-state index contributed by atoms with van der Waals surface area (Å²) in [6, 6.07) is 8.96. The number of rotatable bonds is 5. The molecular formula is C18H29NO. The molecule has 1 aliphatic carbocycles. The van der Waals surface area contributed by atoms with Gasteiger partial charge in [0.15, 0.2) is 0 Å². The van der Waals surface area contributed by atoms with E-state index in [0.29, 0.717) is 6.04 Å². The van der Waals surface area contributed by atoms with Gasteiger partial charge in [-0.1, -0.05) is 45.4 Å². The molecule has 0 bridgehead atoms. The monoisotopic (exact) mass is 275 g/mol. The SMILES string of the molecule is COc1ccccc1CNC1CC(C)CCC1C(C)C. The molecule has 0 aromatic heterocycles. The molecule has 0 radical (unpaired) electrons. The number of nitrogens with one attached hydrogen (secondary N) is 1. The summed E-state index contributed by atoms with van der Waals surface area (Å²) in [6.45, 7) is 8.01. The lowest BCUT2D eigenvalue weighted by Crippen LogP contribution is -2.42. The summed E-state index contributed by atoms with van der Waals surface area (Å²) >= 11 is 0. The van der Waals surface area contributed by atoms with E-state index < -0.39 is 0 Å². The molecule has 0 spiro atoms. The Morgan fingerprint density at radius 1 is 1.25 bits per heavy atom. The highest BCUT2D eigenvalue weighted by molar-refractivity contribution is 5.33. The van der Waals surface area contributed by atoms with Gasteiger partial charge in [0.05, 0.1) is 7.11 Å². The molecule has 0 heterocycles. The lowest BCUT2D eigenvalue weighted by molar-refractivity contribution is 0.169. The summed E-state index contributed by atoms with van der Waals surface area (Å²) in [5.41, 5.74) is 1.26. The zero-order valence-electron chi connectivity index (χ0n) is 13.4. The van der Waals surface area contributed by atoms with Crippen LogP contribution in [0.1, 0.15) is 45.6 Å². The van der Waals surface area contributed by atoms with E-state index in [1.807, 2.05) is 12.1 Å². The average Bonchev–Trinajstić information content (AvgIpc) is 2.45. The van der Waals surface area contributed by atoms with Crippen LogP contribution in [0.4, 0.5) is 0 Å². The van der Waals surface area contributed by atoms with Crippen LogP contribution in [0.5, 0.6) is 5.75 Å². The van der Waals surface area contributed by atoms with E-state index in [0.717, 1.165) is 30.0 Å². The Balaban J connectivity index is 2.00. The Kier molecular flexibility index (Phi) is 5.47. The van der Waals surface area contributed by atoms with Gasteiger partial charge in [0.1, 0.15) is 5.75 Å². The highest BCUT2D eigenvalue weighted by Gasteiger charge is 2.30. The second-order valence-corrected chi connectivity index (χ2v) is 6.63. The average molecular weight is 275 g/mol. The third kappa shape index (κ3) is 3.76. The van der Waals surface area contributed by atoms with Crippen LogP contribution < -0.4 is 10.1 Å². The van der Waals surface area contributed by atoms with Crippen molar-refractivity contribution in [1.82, 2.24) is 5.32 Å². The van der Waals surface area contributed by atoms with Crippen LogP contribution in [0.15, 0.2) is 24.3 Å². The van der Waals surface area contributed by atoms with E-state index in [2.05, 4.69) is 38.2 Å². The zero-order valence-corrected chi connectivity index (χ0v) is 13.4. The van der Waals surface area contributed by atoms with Crippen molar-refractivity contribution in [2.45, 2.75) is 52.6 Å². The molecule has 1 N–H and O–H groups in total. The first kappa shape index (κ1) is 15.4. The van der Waals surface area contributed by atoms with E-state index >= 15 is 0 Å². The standard InChI is InChI=1S/C18H29NO/c1-13(2)16-10-9-14(3)11-17(16)19-12-15-7-5-6-8-18(15)20-4/h5-8,13-14,16-17,19H,9-12H2,1-4H3. The van der Waals surface area contributed by atoms with Gasteiger partial charge >= 0.3 is 0 Å². The first-order chi connectivity index (χ1) is 9.61. The highest BCUT2D eigenvalue weighted by Crippen LogP contribution is 2.33. The van der Waals surface area contributed by atoms with Gasteiger partial charge in [-0.2, -0.15) is 0 Å². The van der Waals surface area contributed by atoms with Crippen molar-refractivity contribution in [3.8, 4) is 5.75 Å². The lowest BCUT2D eigenvalue weighted by atomic mass is 9.74. The maximum Gasteiger partial charge on any atom is 0.123 e. The molecule has 2 rings (SSSR count). The number of ether oxygens (including phenoxy) is 1. The van der Waals surface area contributed by atoms with Crippen LogP contribution in [0.25, 0.3) is 0 Å². The molecule has 2 heteroatoms. The second kappa shape index (κ2) is 7.12. The van der Waals surface area contributed by atoms with E-state index in [-0.39, 0.29) is 0 Å². The molecule has 0 amide bonds. The van der Waals surface area contributed by atoms with Crippen LogP contribution in [0.3, 0.4) is 0 Å². The first-order valence-corrected chi connectivity index (χ1v) is 7.97. The summed E-state index contributed by atoms with van der Waals surface area (Å²) in [5.74, 6) is 3.41. The predicted molar refractivity (Wildman–Crippen MR) is 85.0 cm³/mol. The Morgan fingerprint density at radius 3 is 2.70 bits per heavy atom. The summed E-state index contributed by atoms with van der Waals surface area (Å²) in [4.78, 5) is 0. The molecule has 0 saturated heterocycles. The van der Waals surface area contributed by atoms with Crippen molar-refractivity contribution in [2.75, 3.05) is 7.11 Å². The van der Waals surface area contributed by atoms with Gasteiger partial charge in [-0.3, -0.25) is 0 Å². The lowest BCUT2D eigenvalue weighted by Gasteiger charge is -2.38. The van der Waals surface area contributed by atoms with Gasteiger partial charge in [0.25, 0.3) is 0 Å². The van der Waals surface area contributed by atoms with Crippen molar-refractivity contribution in [3.05, 3.63) is 29.8 Å². The number of methoxy groups -OCH3 is 1. The van der Waals surface area contributed by atoms with Crippen LogP contribution in [-0.2, 0) is 6.54 Å². The molecule has 0 aliphatic heterocycles. The van der Waals surface area contributed by atoms with Crippen molar-refractivity contribution < 1.29 is 4.74 Å². The van der Waals surface area contributed by atoms with Gasteiger partial charge in [-0.25, -0.2) is 0 Å². The van der Waals surface area contributed by atoms with Crippen molar-refractivity contribution >= 4 is 0 Å². The van der Waals surface area contributed by atoms with Crippen LogP contribution >= 0.6 is 0 Å². The smallest absolute Gasteiger partial charge is 0.123 e. The van der Waals surface area contributed by atoms with Gasteiger partial charge < -0.3 is 10.1 Å². The highest BCUT2D eigenvalue weighted by atomic mass is 16.5.